The van der Waals surface area contributed by atoms with E-state index in [9.17, 15) is 4.39 Å². The molecular weight excluding hydrogens is 339 g/mol. The summed E-state index contributed by atoms with van der Waals surface area (Å²) in [4.78, 5) is 6.53. The van der Waals surface area contributed by atoms with Gasteiger partial charge in [0.25, 0.3) is 0 Å². The average molecular weight is 360 g/mol. The molecule has 1 fully saturated rings. The van der Waals surface area contributed by atoms with Crippen molar-refractivity contribution in [3.63, 3.8) is 0 Å². The summed E-state index contributed by atoms with van der Waals surface area (Å²) in [6.45, 7) is 1.83. The molecule has 2 aromatic carbocycles. The van der Waals surface area contributed by atoms with E-state index in [4.69, 9.17) is 5.26 Å². The molecule has 4 rings (SSSR count). The minimum atomic E-state index is -0.179. The molecule has 0 radical (unpaired) electrons. The number of halogens is 1. The van der Waals surface area contributed by atoms with E-state index in [0.29, 0.717) is 17.0 Å². The molecule has 4 nitrogen and oxygen atoms in total. The largest absolute Gasteiger partial charge is 0.382 e. The van der Waals surface area contributed by atoms with Crippen molar-refractivity contribution in [2.75, 3.05) is 18.0 Å². The Morgan fingerprint density at radius 1 is 1.11 bits per heavy atom. The zero-order valence-corrected chi connectivity index (χ0v) is 15.0. The van der Waals surface area contributed by atoms with Crippen molar-refractivity contribution in [2.24, 2.45) is 10.9 Å². The first-order valence-electron chi connectivity index (χ1n) is 9.24. The van der Waals surface area contributed by atoms with Crippen LogP contribution >= 0.6 is 0 Å². The summed E-state index contributed by atoms with van der Waals surface area (Å²) in [5, 5.41) is 12.3. The van der Waals surface area contributed by atoms with E-state index in [1.165, 1.54) is 6.07 Å². The third kappa shape index (κ3) is 3.56. The van der Waals surface area contributed by atoms with Crippen LogP contribution in [-0.2, 0) is 0 Å². The number of nitrogens with zero attached hydrogens (tertiary/aromatic N) is 3. The molecule has 1 atom stereocenters. The van der Waals surface area contributed by atoms with E-state index in [-0.39, 0.29) is 11.9 Å². The van der Waals surface area contributed by atoms with E-state index >= 15 is 0 Å². The maximum atomic E-state index is 14.6. The summed E-state index contributed by atoms with van der Waals surface area (Å²) in [5.74, 6) is 0.160. The fourth-order valence-corrected chi connectivity index (χ4v) is 4.00. The summed E-state index contributed by atoms with van der Waals surface area (Å²) in [5.41, 5.74) is 3.36. The first-order valence-corrected chi connectivity index (χ1v) is 9.24. The smallest absolute Gasteiger partial charge is 0.129 e. The summed E-state index contributed by atoms with van der Waals surface area (Å²) >= 11 is 0. The van der Waals surface area contributed by atoms with Crippen LogP contribution in [0.4, 0.5) is 10.1 Å². The highest BCUT2D eigenvalue weighted by molar-refractivity contribution is 5.82. The number of hydrogen-bond donors (Lipinski definition) is 1. The van der Waals surface area contributed by atoms with E-state index in [1.807, 2.05) is 36.5 Å². The Bertz CT molecular complexity index is 903. The van der Waals surface area contributed by atoms with Crippen molar-refractivity contribution >= 4 is 11.9 Å². The predicted octanol–water partition coefficient (Wildman–Crippen LogP) is 4.15. The molecule has 0 saturated carbocycles. The molecule has 1 saturated heterocycles. The van der Waals surface area contributed by atoms with Gasteiger partial charge in [-0.05, 0) is 49.1 Å². The standard InChI is InChI=1S/C22H21FN4/c23-20-3-1-2-18-15-25-10-11-26-22(21(18)20)17-8-12-27(13-9-17)19-6-4-16(14-24)5-7-19/h1-7,10-11,15,17,22,26H,8-9,12-13H2/b11-10-,25-15?. The molecule has 2 heterocycles. The molecular formula is C22H21FN4. The van der Waals surface area contributed by atoms with E-state index in [0.717, 1.165) is 37.2 Å². The normalized spacial score (nSPS) is 20.7. The van der Waals surface area contributed by atoms with E-state index in [1.54, 1.807) is 18.5 Å². The lowest BCUT2D eigenvalue weighted by molar-refractivity contribution is 0.312. The van der Waals surface area contributed by atoms with Crippen molar-refractivity contribution < 1.29 is 4.39 Å². The fraction of sp³-hybridized carbons (Fsp3) is 0.273. The second-order valence-corrected chi connectivity index (χ2v) is 6.96. The van der Waals surface area contributed by atoms with Gasteiger partial charge in [-0.2, -0.15) is 5.26 Å². The zero-order chi connectivity index (χ0) is 18.6. The third-order valence-corrected chi connectivity index (χ3v) is 5.42. The van der Waals surface area contributed by atoms with Crippen LogP contribution in [-0.4, -0.2) is 19.3 Å². The van der Waals surface area contributed by atoms with Crippen LogP contribution < -0.4 is 10.2 Å². The monoisotopic (exact) mass is 360 g/mol. The number of benzene rings is 2. The first-order chi connectivity index (χ1) is 13.3. The Kier molecular flexibility index (Phi) is 4.88. The molecule has 0 aliphatic carbocycles. The lowest BCUT2D eigenvalue weighted by atomic mass is 9.83. The summed E-state index contributed by atoms with van der Waals surface area (Å²) in [7, 11) is 0. The summed E-state index contributed by atoms with van der Waals surface area (Å²) < 4.78 is 14.6. The van der Waals surface area contributed by atoms with Crippen molar-refractivity contribution in [2.45, 2.75) is 18.9 Å². The van der Waals surface area contributed by atoms with Gasteiger partial charge in [-0.25, -0.2) is 4.39 Å². The molecule has 136 valence electrons. The zero-order valence-electron chi connectivity index (χ0n) is 15.0. The molecule has 2 aliphatic rings. The minimum Gasteiger partial charge on any atom is -0.382 e. The van der Waals surface area contributed by atoms with Gasteiger partial charge >= 0.3 is 0 Å². The lowest BCUT2D eigenvalue weighted by Gasteiger charge is -2.38. The van der Waals surface area contributed by atoms with Gasteiger partial charge in [0.2, 0.25) is 0 Å². The van der Waals surface area contributed by atoms with Gasteiger partial charge in [0.05, 0.1) is 17.7 Å². The molecule has 5 heteroatoms. The highest BCUT2D eigenvalue weighted by Gasteiger charge is 2.30. The van der Waals surface area contributed by atoms with Crippen LogP contribution in [0.1, 0.15) is 35.6 Å². The topological polar surface area (TPSA) is 51.4 Å². The van der Waals surface area contributed by atoms with Gasteiger partial charge in [0.15, 0.2) is 0 Å². The van der Waals surface area contributed by atoms with Gasteiger partial charge < -0.3 is 10.2 Å². The van der Waals surface area contributed by atoms with Crippen molar-refractivity contribution in [3.8, 4) is 6.07 Å². The average Bonchev–Trinajstić information content (AvgIpc) is 2.69. The molecule has 2 aromatic rings. The molecule has 1 N–H and O–H groups in total. The Morgan fingerprint density at radius 2 is 1.89 bits per heavy atom. The molecule has 0 aromatic heterocycles. The summed E-state index contributed by atoms with van der Waals surface area (Å²) in [6.07, 6.45) is 7.19. The summed E-state index contributed by atoms with van der Waals surface area (Å²) in [6, 6.07) is 15.0. The SMILES string of the molecule is N#Cc1ccc(N2CCC(C3N/C=C\N=Cc4cccc(F)c43)CC2)cc1. The Labute approximate surface area is 158 Å². The third-order valence-electron chi connectivity index (χ3n) is 5.42. The van der Waals surface area contributed by atoms with Crippen LogP contribution in [0.2, 0.25) is 0 Å². The quantitative estimate of drug-likeness (QED) is 0.875. The number of piperidine rings is 1. The molecule has 0 bridgehead atoms. The number of nitrogens with one attached hydrogen (secondary N) is 1. The number of anilines is 1. The Hall–Kier alpha value is -3.13. The van der Waals surface area contributed by atoms with Crippen molar-refractivity contribution in [3.05, 3.63) is 77.4 Å². The van der Waals surface area contributed by atoms with Crippen molar-refractivity contribution in [1.82, 2.24) is 5.32 Å². The highest BCUT2D eigenvalue weighted by atomic mass is 19.1. The number of hydrogen-bond acceptors (Lipinski definition) is 4. The number of aliphatic imine (C=N–C) groups is 1. The number of fused-ring (bicyclic) bond motifs is 1. The van der Waals surface area contributed by atoms with Gasteiger partial charge in [-0.15, -0.1) is 0 Å². The maximum Gasteiger partial charge on any atom is 0.129 e. The minimum absolute atomic E-state index is 0.0627. The predicted molar refractivity (Wildman–Crippen MR) is 105 cm³/mol. The molecule has 0 amide bonds. The molecule has 2 aliphatic heterocycles. The Balaban J connectivity index is 1.52. The lowest BCUT2D eigenvalue weighted by Crippen LogP contribution is -2.38. The molecule has 27 heavy (non-hydrogen) atoms. The van der Waals surface area contributed by atoms with Crippen LogP contribution in [0.3, 0.4) is 0 Å². The number of rotatable bonds is 2. The number of nitriles is 1. The first kappa shape index (κ1) is 17.3. The van der Waals surface area contributed by atoms with Crippen molar-refractivity contribution in [1.29, 1.82) is 5.26 Å². The fourth-order valence-electron chi connectivity index (χ4n) is 4.00. The van der Waals surface area contributed by atoms with Gasteiger partial charge in [-0.1, -0.05) is 12.1 Å². The van der Waals surface area contributed by atoms with E-state index in [2.05, 4.69) is 21.3 Å². The van der Waals surface area contributed by atoms with Crippen LogP contribution in [0.25, 0.3) is 0 Å². The second-order valence-electron chi connectivity index (χ2n) is 6.96. The van der Waals surface area contributed by atoms with Gasteiger partial charge in [-0.3, -0.25) is 4.99 Å². The maximum absolute atomic E-state index is 14.6. The van der Waals surface area contributed by atoms with E-state index < -0.39 is 0 Å². The van der Waals surface area contributed by atoms with Crippen LogP contribution in [0, 0.1) is 23.1 Å². The van der Waals surface area contributed by atoms with Gasteiger partial charge in [0.1, 0.15) is 5.82 Å². The molecule has 0 spiro atoms. The highest BCUT2D eigenvalue weighted by Crippen LogP contribution is 2.35. The second kappa shape index (κ2) is 7.63. The van der Waals surface area contributed by atoms with Crippen LogP contribution in [0.15, 0.2) is 59.9 Å². The molecule has 1 unspecified atom stereocenters. The van der Waals surface area contributed by atoms with Crippen LogP contribution in [0.5, 0.6) is 0 Å². The Morgan fingerprint density at radius 3 is 2.63 bits per heavy atom. The van der Waals surface area contributed by atoms with Gasteiger partial charge in [0, 0.05) is 48.5 Å².